The van der Waals surface area contributed by atoms with Crippen LogP contribution in [0.3, 0.4) is 0 Å². The Morgan fingerprint density at radius 1 is 1.32 bits per heavy atom. The minimum absolute atomic E-state index is 0.126. The number of pyridine rings is 1. The number of imidazole rings is 1. The fourth-order valence-corrected chi connectivity index (χ4v) is 4.90. The smallest absolute Gasteiger partial charge is 0.175 e. The molecule has 3 heterocycles. The molecular weight excluding hydrogens is 500 g/mol. The molecule has 1 aliphatic rings. The molecule has 196 valence electrons. The zero-order chi connectivity index (χ0) is 26.7. The summed E-state index contributed by atoms with van der Waals surface area (Å²) in [5, 5.41) is 6.30. The lowest BCUT2D eigenvalue weighted by Gasteiger charge is -2.33. The Kier molecular flexibility index (Phi) is 7.71. The second-order valence-electron chi connectivity index (χ2n) is 8.94. The van der Waals surface area contributed by atoms with Crippen molar-refractivity contribution < 1.29 is 21.9 Å². The van der Waals surface area contributed by atoms with Crippen LogP contribution < -0.4 is 15.4 Å². The van der Waals surface area contributed by atoms with Gasteiger partial charge in [-0.1, -0.05) is 12.5 Å². The third-order valence-electron chi connectivity index (χ3n) is 6.17. The number of piperidine rings is 1. The maximum absolute atomic E-state index is 14.6. The van der Waals surface area contributed by atoms with E-state index in [2.05, 4.69) is 34.0 Å². The molecule has 0 unspecified atom stereocenters. The Balaban J connectivity index is 1.57. The molecule has 1 aromatic carbocycles. The van der Waals surface area contributed by atoms with Crippen molar-refractivity contribution >= 4 is 32.7 Å². The third kappa shape index (κ3) is 5.87. The minimum Gasteiger partial charge on any atom is -0.495 e. The molecule has 2 N–H and O–H groups in total. The molecule has 0 saturated carbocycles. The van der Waals surface area contributed by atoms with Gasteiger partial charge in [0.25, 0.3) is 0 Å². The van der Waals surface area contributed by atoms with Gasteiger partial charge in [0, 0.05) is 31.6 Å². The minimum atomic E-state index is -3.38. The average molecular weight is 530 g/mol. The number of benzene rings is 1. The van der Waals surface area contributed by atoms with Crippen LogP contribution in [0.5, 0.6) is 5.75 Å². The molecule has 1 aliphatic heterocycles. The number of nitrogens with zero attached hydrogens (tertiary/aromatic N) is 3. The quantitative estimate of drug-likeness (QED) is 0.452. The van der Waals surface area contributed by atoms with E-state index in [9.17, 15) is 17.2 Å². The number of ether oxygens (including phenoxy) is 1. The highest BCUT2D eigenvalue weighted by Crippen LogP contribution is 2.28. The third-order valence-corrected chi connectivity index (χ3v) is 7.28. The molecule has 1 fully saturated rings. The topological polar surface area (TPSA) is 88.0 Å². The van der Waals surface area contributed by atoms with Crippen LogP contribution in [0.4, 0.5) is 20.2 Å². The number of anilines is 2. The van der Waals surface area contributed by atoms with Gasteiger partial charge in [0.15, 0.2) is 15.5 Å². The van der Waals surface area contributed by atoms with Crippen LogP contribution in [0.1, 0.15) is 17.8 Å². The van der Waals surface area contributed by atoms with Gasteiger partial charge in [0.2, 0.25) is 0 Å². The van der Waals surface area contributed by atoms with Gasteiger partial charge >= 0.3 is 0 Å². The first-order chi connectivity index (χ1) is 17.6. The van der Waals surface area contributed by atoms with Gasteiger partial charge in [-0.2, -0.15) is 0 Å². The SMILES string of the molecule is C=C(F)c1c(C#CCNc2ccc(S(C)(=O)=O)cc2OC)nc2c(N[C@@H]3CCN(C)C[C@@H]3F)cccn12. The fourth-order valence-electron chi connectivity index (χ4n) is 4.26. The highest BCUT2D eigenvalue weighted by molar-refractivity contribution is 7.90. The molecule has 0 bridgehead atoms. The Hall–Kier alpha value is -3.62. The molecular formula is C26H29F2N5O3S. The van der Waals surface area contributed by atoms with Gasteiger partial charge in [0.1, 0.15) is 29.1 Å². The van der Waals surface area contributed by atoms with Gasteiger partial charge in [0.05, 0.1) is 36.0 Å². The van der Waals surface area contributed by atoms with Crippen molar-refractivity contribution in [3.05, 3.63) is 54.5 Å². The van der Waals surface area contributed by atoms with Crippen molar-refractivity contribution in [1.29, 1.82) is 0 Å². The number of rotatable bonds is 7. The second kappa shape index (κ2) is 10.8. The summed E-state index contributed by atoms with van der Waals surface area (Å²) in [5.41, 5.74) is 1.89. The van der Waals surface area contributed by atoms with E-state index >= 15 is 0 Å². The first-order valence-electron chi connectivity index (χ1n) is 11.6. The molecule has 3 aromatic rings. The van der Waals surface area contributed by atoms with Gasteiger partial charge in [-0.15, -0.1) is 0 Å². The van der Waals surface area contributed by atoms with Gasteiger partial charge < -0.3 is 20.3 Å². The molecule has 8 nitrogen and oxygen atoms in total. The van der Waals surface area contributed by atoms with Crippen LogP contribution in [0.25, 0.3) is 11.5 Å². The number of hydrogen-bond donors (Lipinski definition) is 2. The molecule has 2 aromatic heterocycles. The number of nitrogens with one attached hydrogen (secondary N) is 2. The number of likely N-dealkylation sites (tertiary alicyclic amines) is 1. The van der Waals surface area contributed by atoms with Crippen LogP contribution in [0.2, 0.25) is 0 Å². The summed E-state index contributed by atoms with van der Waals surface area (Å²) in [6.07, 6.45) is 2.37. The van der Waals surface area contributed by atoms with Crippen molar-refractivity contribution in [2.24, 2.45) is 0 Å². The van der Waals surface area contributed by atoms with Crippen molar-refractivity contribution in [2.75, 3.05) is 50.7 Å². The second-order valence-corrected chi connectivity index (χ2v) is 11.0. The molecule has 0 aliphatic carbocycles. The summed E-state index contributed by atoms with van der Waals surface area (Å²) in [7, 11) is -0.0484. The van der Waals surface area contributed by atoms with Gasteiger partial charge in [-0.05, 0) is 43.7 Å². The number of alkyl halides is 1. The van der Waals surface area contributed by atoms with Crippen molar-refractivity contribution in [2.45, 2.75) is 23.5 Å². The molecule has 0 amide bonds. The lowest BCUT2D eigenvalue weighted by molar-refractivity contribution is 0.149. The predicted octanol–water partition coefficient (Wildman–Crippen LogP) is 3.60. The Morgan fingerprint density at radius 3 is 2.78 bits per heavy atom. The molecule has 0 radical (unpaired) electrons. The lowest BCUT2D eigenvalue weighted by Crippen LogP contribution is -2.46. The van der Waals surface area contributed by atoms with Crippen molar-refractivity contribution in [3.8, 4) is 17.6 Å². The first-order valence-corrected chi connectivity index (χ1v) is 13.5. The average Bonchev–Trinajstić information content (AvgIpc) is 3.22. The zero-order valence-electron chi connectivity index (χ0n) is 20.9. The van der Waals surface area contributed by atoms with Crippen molar-refractivity contribution in [3.63, 3.8) is 0 Å². The van der Waals surface area contributed by atoms with E-state index in [4.69, 9.17) is 4.74 Å². The first kappa shape index (κ1) is 26.4. The summed E-state index contributed by atoms with van der Waals surface area (Å²) in [5.74, 6) is 5.45. The number of halogens is 2. The summed E-state index contributed by atoms with van der Waals surface area (Å²) in [4.78, 5) is 6.62. The van der Waals surface area contributed by atoms with Gasteiger partial charge in [-0.3, -0.25) is 4.40 Å². The summed E-state index contributed by atoms with van der Waals surface area (Å²) in [6, 6.07) is 7.63. The zero-order valence-corrected chi connectivity index (χ0v) is 21.7. The summed E-state index contributed by atoms with van der Waals surface area (Å²) >= 11 is 0. The van der Waals surface area contributed by atoms with E-state index < -0.39 is 21.8 Å². The molecule has 1 saturated heterocycles. The Labute approximate surface area is 215 Å². The maximum atomic E-state index is 14.6. The van der Waals surface area contributed by atoms with Crippen LogP contribution in [0.15, 0.2) is 48.0 Å². The number of aromatic nitrogens is 2. The molecule has 37 heavy (non-hydrogen) atoms. The maximum Gasteiger partial charge on any atom is 0.175 e. The largest absolute Gasteiger partial charge is 0.495 e. The monoisotopic (exact) mass is 529 g/mol. The number of hydrogen-bond acceptors (Lipinski definition) is 7. The van der Waals surface area contributed by atoms with E-state index in [-0.39, 0.29) is 28.9 Å². The molecule has 4 rings (SSSR count). The molecule has 11 heteroatoms. The lowest BCUT2D eigenvalue weighted by atomic mass is 10.0. The van der Waals surface area contributed by atoms with E-state index in [1.165, 1.54) is 19.2 Å². The highest BCUT2D eigenvalue weighted by atomic mass is 32.2. The molecule has 2 atom stereocenters. The Morgan fingerprint density at radius 2 is 2.11 bits per heavy atom. The van der Waals surface area contributed by atoms with Crippen LogP contribution in [-0.4, -0.2) is 75.0 Å². The number of sulfone groups is 1. The van der Waals surface area contributed by atoms with E-state index in [0.717, 1.165) is 12.8 Å². The summed E-state index contributed by atoms with van der Waals surface area (Å²) in [6.45, 7) is 4.71. The van der Waals surface area contributed by atoms with Crippen molar-refractivity contribution in [1.82, 2.24) is 14.3 Å². The number of methoxy groups -OCH3 is 1. The molecule has 0 spiro atoms. The van der Waals surface area contributed by atoms with E-state index in [1.807, 2.05) is 11.9 Å². The van der Waals surface area contributed by atoms with Crippen LogP contribution in [-0.2, 0) is 9.84 Å². The standard InChI is InChI=1S/C26H29F2N5O3S/c1-17(27)25-22(7-5-12-29-21-10-9-18(37(4,34)35)15-24(21)36-3)31-26-23(8-6-13-33(25)26)30-20-11-14-32(2)16-19(20)28/h6,8-10,13,15,19-20,29-30H,1,11-12,14,16H2,2-4H3/t19-,20+/m0/s1. The normalized spacial score (nSPS) is 18.2. The van der Waals surface area contributed by atoms with Crippen LogP contribution >= 0.6 is 0 Å². The van der Waals surface area contributed by atoms with E-state index in [0.29, 0.717) is 35.7 Å². The van der Waals surface area contributed by atoms with Gasteiger partial charge in [-0.25, -0.2) is 22.2 Å². The Bertz CT molecular complexity index is 1490. The van der Waals surface area contributed by atoms with E-state index in [1.54, 1.807) is 28.8 Å². The fraction of sp³-hybridized carbons (Fsp3) is 0.346. The summed E-state index contributed by atoms with van der Waals surface area (Å²) < 4.78 is 59.5. The van der Waals surface area contributed by atoms with Crippen LogP contribution in [0, 0.1) is 11.8 Å². The predicted molar refractivity (Wildman–Crippen MR) is 141 cm³/mol. The number of fused-ring (bicyclic) bond motifs is 1. The highest BCUT2D eigenvalue weighted by Gasteiger charge is 2.28.